The van der Waals surface area contributed by atoms with Crippen molar-refractivity contribution < 1.29 is 11.9 Å². The molecule has 4 nitrogen and oxygen atoms in total. The van der Waals surface area contributed by atoms with Crippen LogP contribution in [0.3, 0.4) is 0 Å². The van der Waals surface area contributed by atoms with Crippen molar-refractivity contribution >= 4 is 14.2 Å². The van der Waals surface area contributed by atoms with E-state index in [1.54, 1.807) is 0 Å². The first-order valence-corrected chi connectivity index (χ1v) is 5.58. The minimum atomic E-state index is -4.32. The molecule has 0 aliphatic rings. The molecule has 0 aliphatic carbocycles. The fourth-order valence-electron chi connectivity index (χ4n) is 0.168. The van der Waals surface area contributed by atoms with E-state index in [2.05, 4.69) is 0 Å². The van der Waals surface area contributed by atoms with Crippen molar-refractivity contribution in [2.45, 2.75) is 5.21 Å². The molecule has 0 aliphatic heterocycles. The van der Waals surface area contributed by atoms with Gasteiger partial charge in [0.15, 0.2) is 0 Å². The van der Waals surface area contributed by atoms with Gasteiger partial charge in [-0.2, -0.15) is 0 Å². The van der Waals surface area contributed by atoms with Gasteiger partial charge in [-0.3, -0.25) is 0 Å². The quantitative estimate of drug-likeness (QED) is 0.430. The van der Waals surface area contributed by atoms with Crippen molar-refractivity contribution in [2.75, 3.05) is 6.54 Å². The van der Waals surface area contributed by atoms with Crippen molar-refractivity contribution in [3.8, 4) is 0 Å². The summed E-state index contributed by atoms with van der Waals surface area (Å²) in [4.78, 5) is 0. The summed E-state index contributed by atoms with van der Waals surface area (Å²) < 4.78 is 26.1. The molecular weight excluding hydrogens is 161 g/mol. The molecule has 0 amide bonds. The SMILES string of the molecule is NCC[As](=O)(O)O. The first kappa shape index (κ1) is 7.24. The molecule has 0 unspecified atom stereocenters. The average molecular weight is 169 g/mol. The van der Waals surface area contributed by atoms with Crippen LogP contribution in [0.4, 0.5) is 0 Å². The molecule has 0 aromatic rings. The molecule has 0 radical (unpaired) electrons. The molecular formula is C2H8AsNO3. The molecule has 0 aromatic heterocycles. The van der Waals surface area contributed by atoms with E-state index in [0.29, 0.717) is 0 Å². The van der Waals surface area contributed by atoms with Gasteiger partial charge in [0.25, 0.3) is 0 Å². The molecule has 0 heterocycles. The summed E-state index contributed by atoms with van der Waals surface area (Å²) in [5.74, 6) is 0. The number of hydrogen-bond acceptors (Lipinski definition) is 2. The number of rotatable bonds is 2. The summed E-state index contributed by atoms with van der Waals surface area (Å²) in [5, 5.41) is -0.155. The third-order valence-corrected chi connectivity index (χ3v) is 2.18. The Morgan fingerprint density at radius 3 is 2.00 bits per heavy atom. The van der Waals surface area contributed by atoms with Gasteiger partial charge in [0, 0.05) is 0 Å². The predicted octanol–water partition coefficient (Wildman–Crippen LogP) is -1.70. The van der Waals surface area contributed by atoms with Crippen molar-refractivity contribution in [3.63, 3.8) is 0 Å². The third-order valence-electron chi connectivity index (χ3n) is 0.420. The van der Waals surface area contributed by atoms with Gasteiger partial charge in [0.2, 0.25) is 0 Å². The van der Waals surface area contributed by atoms with E-state index in [4.69, 9.17) is 13.9 Å². The van der Waals surface area contributed by atoms with Crippen molar-refractivity contribution in [2.24, 2.45) is 5.73 Å². The van der Waals surface area contributed by atoms with Crippen LogP contribution in [0.15, 0.2) is 0 Å². The fraction of sp³-hybridized carbons (Fsp3) is 1.00. The van der Waals surface area contributed by atoms with Gasteiger partial charge in [-0.15, -0.1) is 0 Å². The molecule has 7 heavy (non-hydrogen) atoms. The zero-order valence-electron chi connectivity index (χ0n) is 3.74. The van der Waals surface area contributed by atoms with Crippen LogP contribution < -0.4 is 5.73 Å². The van der Waals surface area contributed by atoms with Gasteiger partial charge in [0.1, 0.15) is 0 Å². The summed E-state index contributed by atoms with van der Waals surface area (Å²) >= 11 is -4.32. The van der Waals surface area contributed by atoms with Crippen LogP contribution in [0.1, 0.15) is 0 Å². The fourth-order valence-corrected chi connectivity index (χ4v) is 0.874. The molecule has 44 valence electrons. The third kappa shape index (κ3) is 6.24. The molecule has 0 fully saturated rings. The summed E-state index contributed by atoms with van der Waals surface area (Å²) in [6.07, 6.45) is 0. The second kappa shape index (κ2) is 2.52. The van der Waals surface area contributed by atoms with Crippen molar-refractivity contribution in [1.29, 1.82) is 0 Å². The van der Waals surface area contributed by atoms with E-state index in [1.165, 1.54) is 0 Å². The van der Waals surface area contributed by atoms with Crippen molar-refractivity contribution in [3.05, 3.63) is 0 Å². The van der Waals surface area contributed by atoms with E-state index in [9.17, 15) is 3.74 Å². The predicted molar refractivity (Wildman–Crippen MR) is 24.7 cm³/mol. The molecule has 0 spiro atoms. The Labute approximate surface area is 44.3 Å². The van der Waals surface area contributed by atoms with Gasteiger partial charge in [-0.05, 0) is 0 Å². The van der Waals surface area contributed by atoms with E-state index in [1.807, 2.05) is 0 Å². The summed E-state index contributed by atoms with van der Waals surface area (Å²) in [6, 6.07) is 0. The van der Waals surface area contributed by atoms with Gasteiger partial charge in [-0.25, -0.2) is 0 Å². The summed E-state index contributed by atoms with van der Waals surface area (Å²) in [5.41, 5.74) is 4.84. The minimum absolute atomic E-state index is 0.0729. The molecule has 4 N–H and O–H groups in total. The van der Waals surface area contributed by atoms with E-state index in [-0.39, 0.29) is 11.8 Å². The summed E-state index contributed by atoms with van der Waals surface area (Å²) in [7, 11) is 0. The molecule has 0 saturated heterocycles. The monoisotopic (exact) mass is 169 g/mol. The van der Waals surface area contributed by atoms with Crippen LogP contribution in [0, 0.1) is 0 Å². The Hall–Kier alpha value is 0.238. The summed E-state index contributed by atoms with van der Waals surface area (Å²) in [6.45, 7) is 0.0729. The molecule has 5 heteroatoms. The van der Waals surface area contributed by atoms with Crippen LogP contribution in [0.2, 0.25) is 5.21 Å². The molecule has 0 rings (SSSR count). The molecule has 0 aromatic carbocycles. The van der Waals surface area contributed by atoms with Crippen LogP contribution in [-0.2, 0) is 3.74 Å². The zero-order chi connectivity index (χ0) is 5.91. The Morgan fingerprint density at radius 2 is 2.00 bits per heavy atom. The Balaban J connectivity index is 3.36. The van der Waals surface area contributed by atoms with Crippen molar-refractivity contribution in [1.82, 2.24) is 0 Å². The van der Waals surface area contributed by atoms with Gasteiger partial charge in [0.05, 0.1) is 0 Å². The van der Waals surface area contributed by atoms with Gasteiger partial charge in [-0.1, -0.05) is 0 Å². The van der Waals surface area contributed by atoms with E-state index in [0.717, 1.165) is 0 Å². The topological polar surface area (TPSA) is 83.6 Å². The normalized spacial score (nSPS) is 11.9. The maximum atomic E-state index is 9.91. The first-order chi connectivity index (χ1) is 3.06. The van der Waals surface area contributed by atoms with E-state index < -0.39 is 14.2 Å². The Kier molecular flexibility index (Phi) is 2.61. The zero-order valence-corrected chi connectivity index (χ0v) is 5.62. The number of hydrogen-bond donors (Lipinski definition) is 3. The van der Waals surface area contributed by atoms with E-state index >= 15 is 0 Å². The van der Waals surface area contributed by atoms with Crippen LogP contribution in [0.5, 0.6) is 0 Å². The maximum absolute atomic E-state index is 9.91. The second-order valence-corrected chi connectivity index (χ2v) is 4.90. The van der Waals surface area contributed by atoms with Gasteiger partial charge >= 0.3 is 43.6 Å². The standard InChI is InChI=1S/C2H8AsNO3/c4-2-1-3(5,6)7/h1-2,4H2,(H2,5,6,7). The second-order valence-electron chi connectivity index (χ2n) is 1.18. The number of nitrogens with two attached hydrogens (primary N) is 1. The molecule has 0 saturated carbocycles. The average Bonchev–Trinajstić information content (AvgIpc) is 1.30. The Morgan fingerprint density at radius 1 is 1.57 bits per heavy atom. The van der Waals surface area contributed by atoms with Crippen LogP contribution >= 0.6 is 0 Å². The first-order valence-electron chi connectivity index (χ1n) is 1.81. The van der Waals surface area contributed by atoms with Crippen LogP contribution in [0.25, 0.3) is 0 Å². The molecule has 0 atom stereocenters. The van der Waals surface area contributed by atoms with Crippen LogP contribution in [-0.4, -0.2) is 28.9 Å². The Bertz CT molecular complexity index is 86.9. The molecule has 0 bridgehead atoms. The van der Waals surface area contributed by atoms with Gasteiger partial charge < -0.3 is 0 Å².